The van der Waals surface area contributed by atoms with Crippen molar-refractivity contribution in [1.82, 2.24) is 10.1 Å². The standard InChI is InChI=1S/C25H18N2O3/c1-28-20-14-8-13-19(15-20)24-23(26-16-29-24)25-21(17-9-4-2-5-10-17)22(27-30-25)18-11-6-3-7-12-18/h2-16H,1H3. The molecule has 0 fully saturated rings. The van der Waals surface area contributed by atoms with Crippen LogP contribution < -0.4 is 4.74 Å². The molecule has 0 aliphatic rings. The number of hydrogen-bond acceptors (Lipinski definition) is 5. The molecule has 5 heteroatoms. The van der Waals surface area contributed by atoms with E-state index in [9.17, 15) is 0 Å². The summed E-state index contributed by atoms with van der Waals surface area (Å²) in [6.07, 6.45) is 1.42. The molecule has 146 valence electrons. The minimum atomic E-state index is 0.562. The van der Waals surface area contributed by atoms with Crippen LogP contribution in [0.5, 0.6) is 5.75 Å². The SMILES string of the molecule is COc1cccc(-c2ocnc2-c2onc(-c3ccccc3)c2-c2ccccc2)c1. The number of oxazole rings is 1. The quantitative estimate of drug-likeness (QED) is 0.348. The van der Waals surface area contributed by atoms with E-state index in [4.69, 9.17) is 13.7 Å². The molecule has 0 spiro atoms. The summed E-state index contributed by atoms with van der Waals surface area (Å²) in [4.78, 5) is 4.47. The van der Waals surface area contributed by atoms with Crippen molar-refractivity contribution in [3.8, 4) is 50.9 Å². The van der Waals surface area contributed by atoms with Crippen molar-refractivity contribution in [1.29, 1.82) is 0 Å². The van der Waals surface area contributed by atoms with Crippen molar-refractivity contribution in [2.45, 2.75) is 0 Å². The molecule has 0 amide bonds. The molecule has 0 saturated carbocycles. The Hall–Kier alpha value is -4.12. The summed E-state index contributed by atoms with van der Waals surface area (Å²) in [5.41, 5.74) is 5.04. The number of nitrogens with zero attached hydrogens (tertiary/aromatic N) is 2. The van der Waals surface area contributed by atoms with Crippen LogP contribution >= 0.6 is 0 Å². The largest absolute Gasteiger partial charge is 0.497 e. The molecule has 5 nitrogen and oxygen atoms in total. The topological polar surface area (TPSA) is 61.3 Å². The molecular weight excluding hydrogens is 376 g/mol. The fourth-order valence-electron chi connectivity index (χ4n) is 3.49. The Kier molecular flexibility index (Phi) is 4.62. The van der Waals surface area contributed by atoms with Crippen LogP contribution in [0.1, 0.15) is 0 Å². The van der Waals surface area contributed by atoms with Gasteiger partial charge in [0, 0.05) is 11.1 Å². The van der Waals surface area contributed by atoms with Crippen LogP contribution in [-0.4, -0.2) is 17.3 Å². The van der Waals surface area contributed by atoms with Crippen molar-refractivity contribution in [3.05, 3.63) is 91.3 Å². The normalized spacial score (nSPS) is 10.8. The Balaban J connectivity index is 1.72. The highest BCUT2D eigenvalue weighted by atomic mass is 16.5. The fraction of sp³-hybridized carbons (Fsp3) is 0.0400. The molecule has 30 heavy (non-hydrogen) atoms. The predicted octanol–water partition coefficient (Wildman–Crippen LogP) is 6.34. The summed E-state index contributed by atoms with van der Waals surface area (Å²) in [5, 5.41) is 4.41. The minimum Gasteiger partial charge on any atom is -0.497 e. The van der Waals surface area contributed by atoms with Crippen molar-refractivity contribution >= 4 is 0 Å². The Morgan fingerprint density at radius 2 is 1.40 bits per heavy atom. The van der Waals surface area contributed by atoms with Gasteiger partial charge in [-0.3, -0.25) is 0 Å². The maximum absolute atomic E-state index is 5.86. The second kappa shape index (κ2) is 7.72. The highest BCUT2D eigenvalue weighted by molar-refractivity contribution is 5.92. The second-order valence-electron chi connectivity index (χ2n) is 6.73. The van der Waals surface area contributed by atoms with Crippen molar-refractivity contribution in [2.75, 3.05) is 7.11 Å². The highest BCUT2D eigenvalue weighted by Gasteiger charge is 2.25. The first-order chi connectivity index (χ1) is 14.8. The number of hydrogen-bond donors (Lipinski definition) is 0. The lowest BCUT2D eigenvalue weighted by Crippen LogP contribution is -1.87. The Bertz CT molecular complexity index is 1270. The van der Waals surface area contributed by atoms with Crippen LogP contribution in [-0.2, 0) is 0 Å². The lowest BCUT2D eigenvalue weighted by Gasteiger charge is -2.06. The number of rotatable bonds is 5. The molecule has 5 aromatic rings. The first kappa shape index (κ1) is 17.9. The third kappa shape index (κ3) is 3.16. The molecule has 2 heterocycles. The van der Waals surface area contributed by atoms with E-state index in [0.717, 1.165) is 33.7 Å². The van der Waals surface area contributed by atoms with Crippen LogP contribution in [0.3, 0.4) is 0 Å². The maximum atomic E-state index is 5.86. The first-order valence-electron chi connectivity index (χ1n) is 9.54. The van der Waals surface area contributed by atoms with E-state index in [0.29, 0.717) is 17.2 Å². The average Bonchev–Trinajstić information content (AvgIpc) is 3.47. The molecule has 0 atom stereocenters. The Labute approximate surface area is 173 Å². The Morgan fingerprint density at radius 3 is 2.13 bits per heavy atom. The van der Waals surface area contributed by atoms with Crippen LogP contribution in [0.4, 0.5) is 0 Å². The number of benzene rings is 3. The van der Waals surface area contributed by atoms with E-state index >= 15 is 0 Å². The molecule has 0 aliphatic carbocycles. The van der Waals surface area contributed by atoms with Gasteiger partial charge < -0.3 is 13.7 Å². The van der Waals surface area contributed by atoms with Crippen LogP contribution in [0.15, 0.2) is 100 Å². The van der Waals surface area contributed by atoms with Gasteiger partial charge in [-0.25, -0.2) is 4.98 Å². The molecule has 5 rings (SSSR count). The lowest BCUT2D eigenvalue weighted by molar-refractivity contribution is 0.414. The van der Waals surface area contributed by atoms with Gasteiger partial charge in [-0.1, -0.05) is 78.0 Å². The van der Waals surface area contributed by atoms with Crippen molar-refractivity contribution in [3.63, 3.8) is 0 Å². The van der Waals surface area contributed by atoms with Gasteiger partial charge in [-0.05, 0) is 17.7 Å². The van der Waals surface area contributed by atoms with Gasteiger partial charge in [-0.2, -0.15) is 0 Å². The van der Waals surface area contributed by atoms with Crippen molar-refractivity contribution in [2.24, 2.45) is 0 Å². The van der Waals surface area contributed by atoms with E-state index in [1.54, 1.807) is 7.11 Å². The molecule has 2 aromatic heterocycles. The summed E-state index contributed by atoms with van der Waals surface area (Å²) >= 11 is 0. The van der Waals surface area contributed by atoms with Gasteiger partial charge in [0.25, 0.3) is 0 Å². The van der Waals surface area contributed by atoms with E-state index in [-0.39, 0.29) is 0 Å². The van der Waals surface area contributed by atoms with Gasteiger partial charge >= 0.3 is 0 Å². The maximum Gasteiger partial charge on any atom is 0.197 e. The zero-order valence-electron chi connectivity index (χ0n) is 16.3. The molecule has 0 unspecified atom stereocenters. The van der Waals surface area contributed by atoms with Gasteiger partial charge in [0.1, 0.15) is 11.4 Å². The molecule has 3 aromatic carbocycles. The van der Waals surface area contributed by atoms with Gasteiger partial charge in [0.15, 0.2) is 23.6 Å². The van der Waals surface area contributed by atoms with Gasteiger partial charge in [0.05, 0.1) is 12.7 Å². The van der Waals surface area contributed by atoms with Crippen LogP contribution in [0, 0.1) is 0 Å². The monoisotopic (exact) mass is 394 g/mol. The van der Waals surface area contributed by atoms with Gasteiger partial charge in [-0.15, -0.1) is 0 Å². The van der Waals surface area contributed by atoms with Crippen LogP contribution in [0.25, 0.3) is 45.2 Å². The molecule has 0 aliphatic heterocycles. The average molecular weight is 394 g/mol. The first-order valence-corrected chi connectivity index (χ1v) is 9.54. The summed E-state index contributed by atoms with van der Waals surface area (Å²) in [5.74, 6) is 1.90. The van der Waals surface area contributed by atoms with Crippen molar-refractivity contribution < 1.29 is 13.7 Å². The zero-order valence-corrected chi connectivity index (χ0v) is 16.3. The second-order valence-corrected chi connectivity index (χ2v) is 6.73. The summed E-state index contributed by atoms with van der Waals surface area (Å²) in [7, 11) is 1.64. The Morgan fingerprint density at radius 1 is 0.700 bits per heavy atom. The summed E-state index contributed by atoms with van der Waals surface area (Å²) in [6, 6.07) is 27.7. The van der Waals surface area contributed by atoms with E-state index < -0.39 is 0 Å². The highest BCUT2D eigenvalue weighted by Crippen LogP contribution is 2.42. The lowest BCUT2D eigenvalue weighted by atomic mass is 9.97. The van der Waals surface area contributed by atoms with Crippen LogP contribution in [0.2, 0.25) is 0 Å². The van der Waals surface area contributed by atoms with E-state index in [1.807, 2.05) is 84.9 Å². The summed E-state index contributed by atoms with van der Waals surface area (Å²) in [6.45, 7) is 0. The fourth-order valence-corrected chi connectivity index (χ4v) is 3.49. The predicted molar refractivity (Wildman–Crippen MR) is 115 cm³/mol. The number of aromatic nitrogens is 2. The van der Waals surface area contributed by atoms with E-state index in [2.05, 4.69) is 10.1 Å². The third-order valence-corrected chi connectivity index (χ3v) is 4.92. The minimum absolute atomic E-state index is 0.562. The number of ether oxygens (including phenoxy) is 1. The summed E-state index contributed by atoms with van der Waals surface area (Å²) < 4.78 is 17.0. The van der Waals surface area contributed by atoms with Gasteiger partial charge in [0.2, 0.25) is 0 Å². The third-order valence-electron chi connectivity index (χ3n) is 4.92. The van der Waals surface area contributed by atoms with E-state index in [1.165, 1.54) is 6.39 Å². The zero-order chi connectivity index (χ0) is 20.3. The molecule has 0 N–H and O–H groups in total. The molecule has 0 bridgehead atoms. The molecule has 0 radical (unpaired) electrons. The molecule has 0 saturated heterocycles. The number of methoxy groups -OCH3 is 1. The smallest absolute Gasteiger partial charge is 0.197 e. The molecular formula is C25H18N2O3.